The monoisotopic (exact) mass is 232 g/mol. The molecule has 1 amide bonds. The van der Waals surface area contributed by atoms with Gasteiger partial charge in [0.25, 0.3) is 0 Å². The van der Waals surface area contributed by atoms with Crippen molar-refractivity contribution in [3.8, 4) is 6.07 Å². The summed E-state index contributed by atoms with van der Waals surface area (Å²) in [5.41, 5.74) is 1.43. The molecule has 4 heteroatoms. The number of nitriles is 1. The molecule has 1 rings (SSSR count). The van der Waals surface area contributed by atoms with Crippen molar-refractivity contribution in [2.75, 3.05) is 5.32 Å². The van der Waals surface area contributed by atoms with E-state index in [0.717, 1.165) is 12.0 Å². The third-order valence-electron chi connectivity index (χ3n) is 2.45. The molecule has 4 nitrogen and oxygen atoms in total. The molecule has 1 aromatic rings. The van der Waals surface area contributed by atoms with Crippen LogP contribution in [0.4, 0.5) is 5.69 Å². The van der Waals surface area contributed by atoms with Crippen molar-refractivity contribution in [1.82, 2.24) is 0 Å². The number of rotatable bonds is 5. The molecular formula is C13H16N2O2. The first-order valence-electron chi connectivity index (χ1n) is 5.61. The molecule has 0 aliphatic heterocycles. The zero-order chi connectivity index (χ0) is 12.7. The summed E-state index contributed by atoms with van der Waals surface area (Å²) in [6.45, 7) is 1.92. The second-order valence-corrected chi connectivity index (χ2v) is 3.81. The number of hydrogen-bond donors (Lipinski definition) is 2. The minimum absolute atomic E-state index is 0.0229. The molecule has 17 heavy (non-hydrogen) atoms. The van der Waals surface area contributed by atoms with Crippen LogP contribution in [0.5, 0.6) is 0 Å². The Morgan fingerprint density at radius 1 is 1.47 bits per heavy atom. The predicted octanol–water partition coefficient (Wildman–Crippen LogP) is 2.06. The maximum atomic E-state index is 11.7. The first-order valence-corrected chi connectivity index (χ1v) is 5.61. The second kappa shape index (κ2) is 6.66. The highest BCUT2D eigenvalue weighted by Crippen LogP contribution is 2.13. The normalized spacial score (nSPS) is 11.6. The largest absolute Gasteiger partial charge is 0.392 e. The number of anilines is 1. The van der Waals surface area contributed by atoms with Gasteiger partial charge in [-0.05, 0) is 24.1 Å². The van der Waals surface area contributed by atoms with Gasteiger partial charge in [0.2, 0.25) is 5.91 Å². The molecule has 1 atom stereocenters. The van der Waals surface area contributed by atoms with E-state index in [1.165, 1.54) is 0 Å². The molecule has 0 saturated heterocycles. The van der Waals surface area contributed by atoms with Gasteiger partial charge in [0.05, 0.1) is 12.7 Å². The summed E-state index contributed by atoms with van der Waals surface area (Å²) in [6, 6.07) is 8.88. The summed E-state index contributed by atoms with van der Waals surface area (Å²) in [7, 11) is 0. The number of hydrogen-bond acceptors (Lipinski definition) is 3. The number of nitrogens with one attached hydrogen (secondary N) is 1. The molecule has 0 bridgehead atoms. The lowest BCUT2D eigenvalue weighted by Gasteiger charge is -2.09. The Hall–Kier alpha value is -1.86. The summed E-state index contributed by atoms with van der Waals surface area (Å²) in [5.74, 6) is -0.872. The summed E-state index contributed by atoms with van der Waals surface area (Å²) in [5, 5.41) is 20.4. The van der Waals surface area contributed by atoms with Gasteiger partial charge in [-0.3, -0.25) is 4.79 Å². The van der Waals surface area contributed by atoms with Crippen LogP contribution in [-0.4, -0.2) is 11.0 Å². The number of benzene rings is 1. The molecule has 0 spiro atoms. The quantitative estimate of drug-likeness (QED) is 0.816. The van der Waals surface area contributed by atoms with Crippen molar-refractivity contribution in [3.63, 3.8) is 0 Å². The zero-order valence-corrected chi connectivity index (χ0v) is 9.81. The van der Waals surface area contributed by atoms with Crippen LogP contribution in [0.1, 0.15) is 25.3 Å². The Kier molecular flexibility index (Phi) is 5.18. The topological polar surface area (TPSA) is 73.1 Å². The number of carbonyl (C=O) groups excluding carboxylic acids is 1. The summed E-state index contributed by atoms with van der Waals surface area (Å²) in [4.78, 5) is 11.7. The van der Waals surface area contributed by atoms with E-state index in [2.05, 4.69) is 5.32 Å². The average molecular weight is 232 g/mol. The van der Waals surface area contributed by atoms with E-state index < -0.39 is 5.92 Å². The SMILES string of the molecule is CCCC(C#N)C(=O)Nc1ccc(CO)cc1. The summed E-state index contributed by atoms with van der Waals surface area (Å²) in [6.07, 6.45) is 1.37. The van der Waals surface area contributed by atoms with Gasteiger partial charge in [-0.15, -0.1) is 0 Å². The van der Waals surface area contributed by atoms with Crippen LogP contribution in [0.15, 0.2) is 24.3 Å². The van der Waals surface area contributed by atoms with Crippen molar-refractivity contribution < 1.29 is 9.90 Å². The molecule has 2 N–H and O–H groups in total. The van der Waals surface area contributed by atoms with Gasteiger partial charge < -0.3 is 10.4 Å². The molecule has 0 aliphatic rings. The van der Waals surface area contributed by atoms with E-state index in [9.17, 15) is 4.79 Å². The first-order chi connectivity index (χ1) is 8.21. The van der Waals surface area contributed by atoms with E-state index in [4.69, 9.17) is 10.4 Å². The van der Waals surface area contributed by atoms with E-state index >= 15 is 0 Å². The Balaban J connectivity index is 2.64. The van der Waals surface area contributed by atoms with Gasteiger partial charge in [0.1, 0.15) is 5.92 Å². The highest BCUT2D eigenvalue weighted by atomic mass is 16.3. The minimum atomic E-state index is -0.600. The highest BCUT2D eigenvalue weighted by molar-refractivity contribution is 5.94. The van der Waals surface area contributed by atoms with Crippen LogP contribution < -0.4 is 5.32 Å². The molecule has 1 aromatic carbocycles. The zero-order valence-electron chi connectivity index (χ0n) is 9.81. The number of nitrogens with zero attached hydrogens (tertiary/aromatic N) is 1. The maximum absolute atomic E-state index is 11.7. The standard InChI is InChI=1S/C13H16N2O2/c1-2-3-11(8-14)13(17)15-12-6-4-10(9-16)5-7-12/h4-7,11,16H,2-3,9H2,1H3,(H,15,17). The lowest BCUT2D eigenvalue weighted by atomic mass is 10.0. The Morgan fingerprint density at radius 3 is 2.59 bits per heavy atom. The molecule has 0 fully saturated rings. The van der Waals surface area contributed by atoms with Gasteiger partial charge in [-0.25, -0.2) is 0 Å². The van der Waals surface area contributed by atoms with E-state index in [1.807, 2.05) is 13.0 Å². The van der Waals surface area contributed by atoms with Gasteiger partial charge >= 0.3 is 0 Å². The molecule has 0 aliphatic carbocycles. The average Bonchev–Trinajstić information content (AvgIpc) is 2.36. The van der Waals surface area contributed by atoms with Gasteiger partial charge in [0, 0.05) is 5.69 Å². The first kappa shape index (κ1) is 13.2. The van der Waals surface area contributed by atoms with Gasteiger partial charge in [0.15, 0.2) is 0 Å². The van der Waals surface area contributed by atoms with Crippen LogP contribution in [0.2, 0.25) is 0 Å². The molecule has 0 saturated carbocycles. The number of amides is 1. The number of aliphatic hydroxyl groups excluding tert-OH is 1. The Morgan fingerprint density at radius 2 is 2.12 bits per heavy atom. The third-order valence-corrected chi connectivity index (χ3v) is 2.45. The highest BCUT2D eigenvalue weighted by Gasteiger charge is 2.16. The van der Waals surface area contributed by atoms with Crippen LogP contribution >= 0.6 is 0 Å². The van der Waals surface area contributed by atoms with E-state index in [1.54, 1.807) is 24.3 Å². The lowest BCUT2D eigenvalue weighted by molar-refractivity contribution is -0.118. The van der Waals surface area contributed by atoms with Crippen LogP contribution in [0.25, 0.3) is 0 Å². The van der Waals surface area contributed by atoms with Crippen LogP contribution in [0.3, 0.4) is 0 Å². The van der Waals surface area contributed by atoms with Crippen molar-refractivity contribution >= 4 is 11.6 Å². The molecule has 0 radical (unpaired) electrons. The van der Waals surface area contributed by atoms with Crippen molar-refractivity contribution in [1.29, 1.82) is 5.26 Å². The van der Waals surface area contributed by atoms with Crippen molar-refractivity contribution in [2.45, 2.75) is 26.4 Å². The molecular weight excluding hydrogens is 216 g/mol. The molecule has 0 aromatic heterocycles. The fourth-order valence-electron chi connectivity index (χ4n) is 1.47. The van der Waals surface area contributed by atoms with Crippen LogP contribution in [0, 0.1) is 17.2 Å². The van der Waals surface area contributed by atoms with Crippen LogP contribution in [-0.2, 0) is 11.4 Å². The number of carbonyl (C=O) groups is 1. The summed E-state index contributed by atoms with van der Waals surface area (Å²) < 4.78 is 0. The van der Waals surface area contributed by atoms with Gasteiger partial charge in [-0.1, -0.05) is 25.5 Å². The van der Waals surface area contributed by atoms with E-state index in [-0.39, 0.29) is 12.5 Å². The van der Waals surface area contributed by atoms with Gasteiger partial charge in [-0.2, -0.15) is 5.26 Å². The van der Waals surface area contributed by atoms with Crippen molar-refractivity contribution in [3.05, 3.63) is 29.8 Å². The summed E-state index contributed by atoms with van der Waals surface area (Å²) >= 11 is 0. The maximum Gasteiger partial charge on any atom is 0.241 e. The number of aliphatic hydroxyl groups is 1. The Bertz CT molecular complexity index is 406. The second-order valence-electron chi connectivity index (χ2n) is 3.81. The smallest absolute Gasteiger partial charge is 0.241 e. The fourth-order valence-corrected chi connectivity index (χ4v) is 1.47. The molecule has 0 heterocycles. The van der Waals surface area contributed by atoms with Crippen molar-refractivity contribution in [2.24, 2.45) is 5.92 Å². The fraction of sp³-hybridized carbons (Fsp3) is 0.385. The Labute approximate surface area is 101 Å². The minimum Gasteiger partial charge on any atom is -0.392 e. The molecule has 1 unspecified atom stereocenters. The predicted molar refractivity (Wildman–Crippen MR) is 65.0 cm³/mol. The lowest BCUT2D eigenvalue weighted by Crippen LogP contribution is -2.21. The molecule has 90 valence electrons. The third kappa shape index (κ3) is 3.89. The van der Waals surface area contributed by atoms with E-state index in [0.29, 0.717) is 12.1 Å².